The highest BCUT2D eigenvalue weighted by atomic mass is 31.2. The number of ether oxygens (including phenoxy) is 1. The molecule has 0 rings (SSSR count). The topological polar surface area (TPSA) is 111 Å². The minimum Gasteiger partial charge on any atom is -0.456 e. The molecule has 0 aliphatic carbocycles. The van der Waals surface area contributed by atoms with Crippen LogP contribution < -0.4 is 5.32 Å². The summed E-state index contributed by atoms with van der Waals surface area (Å²) in [5.41, 5.74) is 0. The summed E-state index contributed by atoms with van der Waals surface area (Å²) in [6.45, 7) is 6.84. The number of rotatable bonds is 52. The van der Waals surface area contributed by atoms with Crippen LogP contribution in [0.5, 0.6) is 0 Å². The maximum Gasteiger partial charge on any atom is 0.472 e. The van der Waals surface area contributed by atoms with Gasteiger partial charge in [0.25, 0.3) is 0 Å². The zero-order chi connectivity index (χ0) is 52.9. The van der Waals surface area contributed by atoms with Crippen LogP contribution in [0, 0.1) is 0 Å². The summed E-state index contributed by atoms with van der Waals surface area (Å²) in [5, 5.41) is 3.03. The van der Waals surface area contributed by atoms with Crippen LogP contribution in [-0.2, 0) is 27.9 Å². The number of nitrogens with one attached hydrogen (secondary N) is 1. The minimum absolute atomic E-state index is 0.0270. The Morgan fingerprint density at radius 1 is 0.500 bits per heavy atom. The number of hydrogen-bond donors (Lipinski definition) is 2. The van der Waals surface area contributed by atoms with Crippen LogP contribution in [0.15, 0.2) is 85.1 Å². The zero-order valence-corrected chi connectivity index (χ0v) is 48.3. The largest absolute Gasteiger partial charge is 0.472 e. The Hall–Kier alpha value is -2.81. The molecule has 0 heterocycles. The molecule has 0 bridgehead atoms. The van der Waals surface area contributed by atoms with Crippen LogP contribution in [-0.4, -0.2) is 74.3 Å². The molecule has 0 spiro atoms. The summed E-state index contributed by atoms with van der Waals surface area (Å²) in [6, 6.07) is -0.879. The Morgan fingerprint density at radius 2 is 0.903 bits per heavy atom. The van der Waals surface area contributed by atoms with E-state index in [2.05, 4.69) is 92.9 Å². The van der Waals surface area contributed by atoms with Crippen molar-refractivity contribution in [2.75, 3.05) is 40.9 Å². The Kier molecular flexibility index (Phi) is 49.6. The predicted octanol–water partition coefficient (Wildman–Crippen LogP) is 17.8. The number of phosphoric ester groups is 1. The number of amides is 1. The summed E-state index contributed by atoms with van der Waals surface area (Å²) in [7, 11) is 1.45. The first kappa shape index (κ1) is 69.2. The molecule has 0 aliphatic heterocycles. The second kappa shape index (κ2) is 51.7. The molecule has 9 nitrogen and oxygen atoms in total. The lowest BCUT2D eigenvalue weighted by atomic mass is 10.0. The van der Waals surface area contributed by atoms with Gasteiger partial charge in [-0.05, 0) is 70.3 Å². The van der Waals surface area contributed by atoms with Gasteiger partial charge >= 0.3 is 13.8 Å². The Morgan fingerprint density at radius 3 is 1.33 bits per heavy atom. The molecule has 0 saturated heterocycles. The minimum atomic E-state index is -4.46. The molecule has 416 valence electrons. The molecule has 0 aromatic carbocycles. The zero-order valence-electron chi connectivity index (χ0n) is 47.4. The van der Waals surface area contributed by atoms with E-state index >= 15 is 0 Å². The van der Waals surface area contributed by atoms with Crippen molar-refractivity contribution in [3.63, 3.8) is 0 Å². The number of hydrogen-bond acceptors (Lipinski definition) is 6. The van der Waals surface area contributed by atoms with Gasteiger partial charge in [-0.15, -0.1) is 0 Å². The molecule has 0 fully saturated rings. The lowest BCUT2D eigenvalue weighted by Crippen LogP contribution is -2.47. The maximum atomic E-state index is 13.5. The normalized spacial score (nSPS) is 14.4. The molecule has 72 heavy (non-hydrogen) atoms. The summed E-state index contributed by atoms with van der Waals surface area (Å²) in [4.78, 5) is 37.6. The molecule has 0 radical (unpaired) electrons. The third kappa shape index (κ3) is 52.1. The van der Waals surface area contributed by atoms with E-state index in [1.165, 1.54) is 128 Å². The average molecular weight is 1030 g/mol. The first-order valence-corrected chi connectivity index (χ1v) is 30.9. The summed E-state index contributed by atoms with van der Waals surface area (Å²) >= 11 is 0. The molecular formula is C62H112N2O7P+. The van der Waals surface area contributed by atoms with Crippen molar-refractivity contribution in [1.82, 2.24) is 5.32 Å². The quantitative estimate of drug-likeness (QED) is 0.0205. The van der Waals surface area contributed by atoms with Gasteiger partial charge in [0, 0.05) is 12.8 Å². The van der Waals surface area contributed by atoms with E-state index in [9.17, 15) is 19.0 Å². The van der Waals surface area contributed by atoms with Gasteiger partial charge in [0.2, 0.25) is 5.91 Å². The Labute approximate surface area is 444 Å². The summed E-state index contributed by atoms with van der Waals surface area (Å²) < 4.78 is 30.5. The van der Waals surface area contributed by atoms with E-state index in [4.69, 9.17) is 13.8 Å². The van der Waals surface area contributed by atoms with E-state index in [0.717, 1.165) is 77.0 Å². The molecular weight excluding hydrogens is 916 g/mol. The molecule has 3 atom stereocenters. The second-order valence-corrected chi connectivity index (χ2v) is 22.2. The van der Waals surface area contributed by atoms with Crippen molar-refractivity contribution in [3.8, 4) is 0 Å². The molecule has 0 aromatic rings. The van der Waals surface area contributed by atoms with Crippen LogP contribution in [0.2, 0.25) is 0 Å². The number of likely N-dealkylation sites (N-methyl/N-ethyl adjacent to an activating group) is 1. The molecule has 0 saturated carbocycles. The van der Waals surface area contributed by atoms with Gasteiger partial charge in [-0.3, -0.25) is 18.6 Å². The standard InChI is InChI=1S/C62H111N2O7P/c1-7-10-13-16-19-22-25-27-29-31-32-33-35-37-40-43-46-49-52-55-62(66)71-60(53-50-47-44-41-38-24-21-18-15-12-9-3)59(58-70-72(67,68)69-57-56-64(4,5)6)63-61(65)54-51-48-45-42-39-36-34-30-28-26-23-20-17-14-11-8-2/h10,13,19,22,27,29,32-33,37,40,46,49-50,53,59-60H,7-9,11-12,14-18,20-21,23-26,28,30-31,34-36,38-39,41-45,47-48,51-52,54-58H2,1-6H3,(H-,63,65,67,68)/p+1/b13-10-,22-19-,29-27-,33-32-,40-37-,49-46-,53-50+. The van der Waals surface area contributed by atoms with Crippen molar-refractivity contribution in [2.24, 2.45) is 0 Å². The van der Waals surface area contributed by atoms with E-state index in [1.807, 2.05) is 39.4 Å². The summed E-state index contributed by atoms with van der Waals surface area (Å²) in [6.07, 6.45) is 67.4. The third-order valence-electron chi connectivity index (χ3n) is 12.6. The van der Waals surface area contributed by atoms with Crippen LogP contribution >= 0.6 is 7.82 Å². The predicted molar refractivity (Wildman–Crippen MR) is 309 cm³/mol. The first-order chi connectivity index (χ1) is 34.9. The number of quaternary nitrogens is 1. The van der Waals surface area contributed by atoms with E-state index in [-0.39, 0.29) is 25.5 Å². The van der Waals surface area contributed by atoms with Crippen molar-refractivity contribution >= 4 is 19.7 Å². The molecule has 0 aliphatic rings. The van der Waals surface area contributed by atoms with Gasteiger partial charge in [0.05, 0.1) is 33.8 Å². The first-order valence-electron chi connectivity index (χ1n) is 29.4. The van der Waals surface area contributed by atoms with E-state index in [0.29, 0.717) is 23.9 Å². The second-order valence-electron chi connectivity index (χ2n) is 20.8. The van der Waals surface area contributed by atoms with Crippen molar-refractivity contribution < 1.29 is 37.3 Å². The number of nitrogens with zero attached hydrogens (tertiary/aromatic N) is 1. The fourth-order valence-corrected chi connectivity index (χ4v) is 8.82. The van der Waals surface area contributed by atoms with Crippen LogP contribution in [0.3, 0.4) is 0 Å². The lowest BCUT2D eigenvalue weighted by molar-refractivity contribution is -0.870. The van der Waals surface area contributed by atoms with Crippen molar-refractivity contribution in [1.29, 1.82) is 0 Å². The molecule has 2 N–H and O–H groups in total. The third-order valence-corrected chi connectivity index (χ3v) is 13.6. The summed E-state index contributed by atoms with van der Waals surface area (Å²) in [5.74, 6) is -0.602. The van der Waals surface area contributed by atoms with Gasteiger partial charge < -0.3 is 19.4 Å². The highest BCUT2D eigenvalue weighted by molar-refractivity contribution is 7.47. The monoisotopic (exact) mass is 1030 g/mol. The van der Waals surface area contributed by atoms with Gasteiger partial charge in [-0.1, -0.05) is 247 Å². The van der Waals surface area contributed by atoms with Crippen LogP contribution in [0.1, 0.15) is 245 Å². The van der Waals surface area contributed by atoms with Crippen molar-refractivity contribution in [2.45, 2.75) is 258 Å². The number of esters is 1. The van der Waals surface area contributed by atoms with Gasteiger partial charge in [-0.25, -0.2) is 4.57 Å². The van der Waals surface area contributed by atoms with Crippen LogP contribution in [0.25, 0.3) is 0 Å². The smallest absolute Gasteiger partial charge is 0.456 e. The number of carbonyl (C=O) groups is 2. The SMILES string of the molecule is CC/C=C\C/C=C\C/C=C\C/C=C\C/C=C\C/C=C\CCC(=O)OC(/C=C/CCCCCCCCCCC)C(COP(=O)(O)OCC[N+](C)(C)C)NC(=O)CCCCCCCCCCCCCCCCCC. The molecule has 3 unspecified atom stereocenters. The Balaban J connectivity index is 5.40. The maximum absolute atomic E-state index is 13.5. The number of carbonyl (C=O) groups excluding carboxylic acids is 2. The van der Waals surface area contributed by atoms with E-state index < -0.39 is 25.9 Å². The van der Waals surface area contributed by atoms with Gasteiger partial charge in [0.15, 0.2) is 0 Å². The average Bonchev–Trinajstić information content (AvgIpc) is 3.34. The van der Waals surface area contributed by atoms with E-state index in [1.54, 1.807) is 0 Å². The highest BCUT2D eigenvalue weighted by Crippen LogP contribution is 2.43. The van der Waals surface area contributed by atoms with Crippen molar-refractivity contribution in [3.05, 3.63) is 85.1 Å². The molecule has 10 heteroatoms. The fraction of sp³-hybridized carbons (Fsp3) is 0.742. The van der Waals surface area contributed by atoms with Gasteiger partial charge in [-0.2, -0.15) is 0 Å². The fourth-order valence-electron chi connectivity index (χ4n) is 8.08. The molecule has 1 amide bonds. The van der Waals surface area contributed by atoms with Gasteiger partial charge in [0.1, 0.15) is 19.3 Å². The number of allylic oxidation sites excluding steroid dienone is 13. The van der Waals surface area contributed by atoms with Crippen LogP contribution in [0.4, 0.5) is 0 Å². The Bertz CT molecular complexity index is 1510. The lowest BCUT2D eigenvalue weighted by Gasteiger charge is -2.27. The number of phosphoric acid groups is 1. The number of unbranched alkanes of at least 4 members (excludes halogenated alkanes) is 24. The molecule has 0 aromatic heterocycles. The highest BCUT2D eigenvalue weighted by Gasteiger charge is 2.30.